The lowest BCUT2D eigenvalue weighted by atomic mass is 10.0. The third-order valence-corrected chi connectivity index (χ3v) is 3.36. The molecule has 0 radical (unpaired) electrons. The summed E-state index contributed by atoms with van der Waals surface area (Å²) in [5.41, 5.74) is 0.405. The minimum atomic E-state index is -0.173. The van der Waals surface area contributed by atoms with E-state index in [4.69, 9.17) is 33.2 Å². The molecular formula is C12H10Cl2N2O2. The normalized spacial score (nSPS) is 14.9. The number of nitriles is 1. The topological polar surface area (TPSA) is 53.3 Å². The Kier molecular flexibility index (Phi) is 3.65. The van der Waals surface area contributed by atoms with E-state index in [1.165, 1.54) is 19.2 Å². The number of likely N-dealkylation sites (tertiary alicyclic amines) is 1. The number of halogens is 2. The number of hydrogen-bond donors (Lipinski definition) is 0. The summed E-state index contributed by atoms with van der Waals surface area (Å²) in [5, 5.41) is 9.26. The fourth-order valence-corrected chi connectivity index (χ4v) is 2.43. The van der Waals surface area contributed by atoms with Crippen molar-refractivity contribution in [3.05, 3.63) is 27.7 Å². The second-order valence-electron chi connectivity index (χ2n) is 4.01. The minimum Gasteiger partial charge on any atom is -0.494 e. The van der Waals surface area contributed by atoms with Gasteiger partial charge in [-0.05, 0) is 12.1 Å². The largest absolute Gasteiger partial charge is 0.494 e. The van der Waals surface area contributed by atoms with E-state index in [-0.39, 0.29) is 11.8 Å². The smallest absolute Gasteiger partial charge is 0.254 e. The van der Waals surface area contributed by atoms with E-state index in [0.29, 0.717) is 34.4 Å². The summed E-state index contributed by atoms with van der Waals surface area (Å²) in [4.78, 5) is 13.6. The molecule has 1 fully saturated rings. The van der Waals surface area contributed by atoms with Crippen LogP contribution in [0.2, 0.25) is 10.0 Å². The van der Waals surface area contributed by atoms with E-state index in [9.17, 15) is 4.79 Å². The van der Waals surface area contributed by atoms with Gasteiger partial charge in [-0.15, -0.1) is 0 Å². The third kappa shape index (κ3) is 2.24. The van der Waals surface area contributed by atoms with Gasteiger partial charge in [0.1, 0.15) is 0 Å². The number of nitrogens with zero attached hydrogens (tertiary/aromatic N) is 2. The minimum absolute atomic E-state index is 0.0712. The second kappa shape index (κ2) is 5.05. The maximum Gasteiger partial charge on any atom is 0.254 e. The predicted molar refractivity (Wildman–Crippen MR) is 68.0 cm³/mol. The van der Waals surface area contributed by atoms with Crippen molar-refractivity contribution in [2.45, 2.75) is 0 Å². The summed E-state index contributed by atoms with van der Waals surface area (Å²) in [6, 6.07) is 5.16. The molecule has 0 unspecified atom stereocenters. The summed E-state index contributed by atoms with van der Waals surface area (Å²) in [5.74, 6) is 0.111. The lowest BCUT2D eigenvalue weighted by molar-refractivity contribution is 0.0577. The van der Waals surface area contributed by atoms with Crippen LogP contribution < -0.4 is 4.74 Å². The predicted octanol–water partition coefficient (Wildman–Crippen LogP) is 2.60. The lowest BCUT2D eigenvalue weighted by Gasteiger charge is -2.35. The van der Waals surface area contributed by atoms with Gasteiger partial charge in [-0.25, -0.2) is 0 Å². The van der Waals surface area contributed by atoms with Gasteiger partial charge in [0.25, 0.3) is 5.91 Å². The molecule has 0 saturated carbocycles. The number of methoxy groups -OCH3 is 1. The quantitative estimate of drug-likeness (QED) is 0.839. The molecule has 1 aromatic rings. The van der Waals surface area contributed by atoms with Crippen LogP contribution in [0.3, 0.4) is 0 Å². The molecule has 4 nitrogen and oxygen atoms in total. The molecule has 1 aromatic carbocycles. The molecule has 0 bridgehead atoms. The van der Waals surface area contributed by atoms with Crippen LogP contribution in [0.1, 0.15) is 10.4 Å². The Morgan fingerprint density at radius 2 is 2.00 bits per heavy atom. The first kappa shape index (κ1) is 13.0. The van der Waals surface area contributed by atoms with Gasteiger partial charge >= 0.3 is 0 Å². The first-order chi connectivity index (χ1) is 8.56. The summed E-state index contributed by atoms with van der Waals surface area (Å²) in [6.07, 6.45) is 0. The van der Waals surface area contributed by atoms with Crippen molar-refractivity contribution < 1.29 is 9.53 Å². The Hall–Kier alpha value is -1.44. The van der Waals surface area contributed by atoms with E-state index in [2.05, 4.69) is 6.07 Å². The molecule has 2 rings (SSSR count). The van der Waals surface area contributed by atoms with Crippen LogP contribution >= 0.6 is 23.2 Å². The highest BCUT2D eigenvalue weighted by molar-refractivity contribution is 6.37. The first-order valence-corrected chi connectivity index (χ1v) is 6.04. The molecule has 0 spiro atoms. The maximum absolute atomic E-state index is 12.1. The summed E-state index contributed by atoms with van der Waals surface area (Å²) in [6.45, 7) is 0.910. The Balaban J connectivity index is 2.20. The molecular weight excluding hydrogens is 275 g/mol. The van der Waals surface area contributed by atoms with E-state index in [0.717, 1.165) is 0 Å². The zero-order valence-electron chi connectivity index (χ0n) is 9.61. The fourth-order valence-electron chi connectivity index (χ4n) is 1.79. The van der Waals surface area contributed by atoms with Gasteiger partial charge in [0.15, 0.2) is 5.75 Å². The number of amides is 1. The van der Waals surface area contributed by atoms with Gasteiger partial charge in [0.2, 0.25) is 0 Å². The molecule has 1 amide bonds. The van der Waals surface area contributed by atoms with Gasteiger partial charge in [-0.1, -0.05) is 23.2 Å². The molecule has 1 saturated heterocycles. The molecule has 0 aromatic heterocycles. The molecule has 0 atom stereocenters. The van der Waals surface area contributed by atoms with Crippen molar-refractivity contribution in [2.75, 3.05) is 20.2 Å². The number of benzene rings is 1. The second-order valence-corrected chi connectivity index (χ2v) is 4.82. The maximum atomic E-state index is 12.1. The van der Waals surface area contributed by atoms with Crippen LogP contribution in [0.15, 0.2) is 12.1 Å². The average Bonchev–Trinajstić information content (AvgIpc) is 2.27. The molecule has 1 aliphatic heterocycles. The molecule has 18 heavy (non-hydrogen) atoms. The van der Waals surface area contributed by atoms with Gasteiger partial charge in [-0.3, -0.25) is 4.79 Å². The molecule has 6 heteroatoms. The number of rotatable bonds is 2. The highest BCUT2D eigenvalue weighted by atomic mass is 35.5. The van der Waals surface area contributed by atoms with Crippen LogP contribution in [0, 0.1) is 17.2 Å². The monoisotopic (exact) mass is 284 g/mol. The third-order valence-electron chi connectivity index (χ3n) is 2.80. The van der Waals surface area contributed by atoms with Crippen LogP contribution in [-0.4, -0.2) is 31.0 Å². The van der Waals surface area contributed by atoms with Crippen LogP contribution in [0.5, 0.6) is 5.75 Å². The lowest BCUT2D eigenvalue weighted by Crippen LogP contribution is -2.49. The van der Waals surface area contributed by atoms with Gasteiger partial charge < -0.3 is 9.64 Å². The van der Waals surface area contributed by atoms with E-state index >= 15 is 0 Å². The SMILES string of the molecule is COc1c(Cl)cc(C(=O)N2CC(C#N)C2)cc1Cl. The van der Waals surface area contributed by atoms with Crippen molar-refractivity contribution in [3.8, 4) is 11.8 Å². The average molecular weight is 285 g/mol. The van der Waals surface area contributed by atoms with Gasteiger partial charge in [-0.2, -0.15) is 5.26 Å². The Morgan fingerprint density at radius 1 is 1.44 bits per heavy atom. The van der Waals surface area contributed by atoms with Crippen molar-refractivity contribution in [2.24, 2.45) is 5.92 Å². The number of ether oxygens (including phenoxy) is 1. The summed E-state index contributed by atoms with van der Waals surface area (Å²) < 4.78 is 5.01. The highest BCUT2D eigenvalue weighted by Crippen LogP contribution is 2.34. The Labute approximate surface area is 115 Å². The van der Waals surface area contributed by atoms with E-state index in [1.807, 2.05) is 0 Å². The Morgan fingerprint density at radius 3 is 2.44 bits per heavy atom. The van der Waals surface area contributed by atoms with Crippen molar-refractivity contribution in [1.82, 2.24) is 4.90 Å². The van der Waals surface area contributed by atoms with Crippen molar-refractivity contribution >= 4 is 29.1 Å². The standard InChI is InChI=1S/C12H10Cl2N2O2/c1-18-11-9(13)2-8(3-10(11)14)12(17)16-5-7(4-15)6-16/h2-3,7H,5-6H2,1H3. The van der Waals surface area contributed by atoms with Crippen LogP contribution in [0.25, 0.3) is 0 Å². The number of carbonyl (C=O) groups is 1. The molecule has 0 aliphatic carbocycles. The van der Waals surface area contributed by atoms with Crippen LogP contribution in [-0.2, 0) is 0 Å². The van der Waals surface area contributed by atoms with Crippen molar-refractivity contribution in [3.63, 3.8) is 0 Å². The zero-order valence-corrected chi connectivity index (χ0v) is 11.1. The number of carbonyl (C=O) groups excluding carboxylic acids is 1. The highest BCUT2D eigenvalue weighted by Gasteiger charge is 2.31. The Bertz CT molecular complexity index is 510. The summed E-state index contributed by atoms with van der Waals surface area (Å²) >= 11 is 11.9. The van der Waals surface area contributed by atoms with Gasteiger partial charge in [0.05, 0.1) is 29.1 Å². The van der Waals surface area contributed by atoms with Crippen molar-refractivity contribution in [1.29, 1.82) is 5.26 Å². The zero-order chi connectivity index (χ0) is 13.3. The van der Waals surface area contributed by atoms with E-state index < -0.39 is 0 Å². The molecule has 94 valence electrons. The summed E-state index contributed by atoms with van der Waals surface area (Å²) in [7, 11) is 1.46. The van der Waals surface area contributed by atoms with Crippen LogP contribution in [0.4, 0.5) is 0 Å². The molecule has 1 aliphatic rings. The molecule has 0 N–H and O–H groups in total. The molecule has 1 heterocycles. The van der Waals surface area contributed by atoms with Gasteiger partial charge in [0, 0.05) is 18.7 Å². The van der Waals surface area contributed by atoms with E-state index in [1.54, 1.807) is 4.90 Å². The number of hydrogen-bond acceptors (Lipinski definition) is 3. The first-order valence-electron chi connectivity index (χ1n) is 5.28. The fraction of sp³-hybridized carbons (Fsp3) is 0.333.